The molecule has 8 rings (SSSR count). The molecule has 0 N–H and O–H groups in total. The highest BCUT2D eigenvalue weighted by molar-refractivity contribution is 6.31. The van der Waals surface area contributed by atoms with E-state index >= 15 is 0 Å². The summed E-state index contributed by atoms with van der Waals surface area (Å²) in [6.45, 7) is 71.3. The van der Waals surface area contributed by atoms with Crippen molar-refractivity contribution in [2.75, 3.05) is 7.11 Å². The molecule has 0 amide bonds. The minimum atomic E-state index is -0.0683. The van der Waals surface area contributed by atoms with Crippen LogP contribution in [0.4, 0.5) is 8.78 Å². The normalized spacial score (nSPS) is 10.3. The zero-order chi connectivity index (χ0) is 78.2. The molecule has 2 aromatic heterocycles. The van der Waals surface area contributed by atoms with Gasteiger partial charge in [0.15, 0.2) is 0 Å². The Morgan fingerprint density at radius 2 is 0.468 bits per heavy atom. The van der Waals surface area contributed by atoms with E-state index in [0.717, 1.165) is 33.0 Å². The van der Waals surface area contributed by atoms with Crippen LogP contribution in [0, 0.1) is 18.6 Å². The van der Waals surface area contributed by atoms with Gasteiger partial charge in [-0.3, -0.25) is 9.97 Å². The van der Waals surface area contributed by atoms with Gasteiger partial charge in [0.05, 0.1) is 7.11 Å². The molecule has 8 aromatic rings. The van der Waals surface area contributed by atoms with Gasteiger partial charge in [-0.15, -0.1) is 0 Å². The largest absolute Gasteiger partial charge is 0.496 e. The van der Waals surface area contributed by atoms with Crippen molar-refractivity contribution >= 4 is 11.6 Å². The quantitative estimate of drug-likeness (QED) is 0.0911. The molecule has 2 heterocycles. The molecule has 0 aliphatic heterocycles. The lowest BCUT2D eigenvalue weighted by Crippen LogP contribution is -1.96. The van der Waals surface area contributed by atoms with Crippen LogP contribution in [0.3, 0.4) is 0 Å². The number of aryl methyl sites for hydroxylation is 1. The topological polar surface area (TPSA) is 35.0 Å². The Bertz CT molecular complexity index is 3120. The van der Waals surface area contributed by atoms with E-state index in [1.807, 2.05) is 64.4 Å². The molecular weight excluding hydrogens is 1380 g/mol. The van der Waals surface area contributed by atoms with Crippen molar-refractivity contribution in [3.8, 4) is 5.75 Å². The van der Waals surface area contributed by atoms with Gasteiger partial charge >= 0.3 is 0 Å². The van der Waals surface area contributed by atoms with Crippen LogP contribution in [-0.2, 0) is 0 Å². The van der Waals surface area contributed by atoms with E-state index in [0.29, 0.717) is 82.9 Å². The number of benzene rings is 6. The van der Waals surface area contributed by atoms with E-state index in [2.05, 4.69) is 314 Å². The maximum atomic E-state index is 13.5. The third kappa shape index (κ3) is 44.7. The molecule has 3 nitrogen and oxygen atoms in total. The van der Waals surface area contributed by atoms with E-state index in [1.165, 1.54) is 72.6 Å². The summed E-state index contributed by atoms with van der Waals surface area (Å²) in [6, 6.07) is 48.5. The van der Waals surface area contributed by atoms with Gasteiger partial charge in [-0.2, -0.15) is 0 Å². The molecule has 0 atom stereocenters. The van der Waals surface area contributed by atoms with Gasteiger partial charge in [0.1, 0.15) is 17.4 Å². The highest BCUT2D eigenvalue weighted by Crippen LogP contribution is 2.32. The molecule has 0 spiro atoms. The van der Waals surface area contributed by atoms with Crippen molar-refractivity contribution in [3.05, 3.63) is 263 Å². The molecular formula is C105H179ClF2N2O. The van der Waals surface area contributed by atoms with Gasteiger partial charge < -0.3 is 4.74 Å². The van der Waals surface area contributed by atoms with Crippen LogP contribution in [0.25, 0.3) is 0 Å². The lowest BCUT2D eigenvalue weighted by molar-refractivity contribution is 0.406. The summed E-state index contributed by atoms with van der Waals surface area (Å²) < 4.78 is 32.3. The first kappa shape index (κ1) is 123. The highest BCUT2D eigenvalue weighted by Gasteiger charge is 2.14. The Hall–Kier alpha value is -6.43. The second kappa shape index (κ2) is 62.0. The fraction of sp³-hybridized carbons (Fsp3) is 0.562. The predicted octanol–water partition coefficient (Wildman–Crippen LogP) is 37.2. The van der Waals surface area contributed by atoms with Crippen LogP contribution in [0.5, 0.6) is 5.75 Å². The third-order valence-corrected chi connectivity index (χ3v) is 18.8. The Balaban J connectivity index is -0.000000151. The van der Waals surface area contributed by atoms with Gasteiger partial charge in [0.2, 0.25) is 0 Å². The maximum absolute atomic E-state index is 13.5. The van der Waals surface area contributed by atoms with Crippen LogP contribution in [0.2, 0.25) is 5.02 Å². The number of hydrogen-bond donors (Lipinski definition) is 0. The van der Waals surface area contributed by atoms with Crippen LogP contribution in [0.1, 0.15) is 478 Å². The lowest BCUT2D eigenvalue weighted by atomic mass is 9.93. The zero-order valence-corrected chi connectivity index (χ0v) is 71.4. The number of aromatic nitrogens is 2. The second-order valence-corrected chi connectivity index (χ2v) is 33.0. The van der Waals surface area contributed by atoms with Crippen molar-refractivity contribution in [1.82, 2.24) is 9.97 Å². The van der Waals surface area contributed by atoms with Crippen molar-refractivity contribution in [1.29, 1.82) is 0 Å². The maximum Gasteiger partial charge on any atom is 0.126 e. The first-order valence-corrected chi connectivity index (χ1v) is 39.0. The minimum absolute atomic E-state index is 0. The van der Waals surface area contributed by atoms with Crippen LogP contribution < -0.4 is 4.74 Å². The molecule has 0 saturated carbocycles. The van der Waals surface area contributed by atoms with Crippen molar-refractivity contribution in [2.45, 2.75) is 390 Å². The van der Waals surface area contributed by atoms with E-state index in [9.17, 15) is 8.78 Å². The molecule has 636 valence electrons. The summed E-state index contributed by atoms with van der Waals surface area (Å²) >= 11 is 6.17. The smallest absolute Gasteiger partial charge is 0.126 e. The summed E-state index contributed by atoms with van der Waals surface area (Å²) in [7, 11) is 1.74. The number of methoxy groups -OCH3 is 1. The monoisotopic (exact) mass is 1560 g/mol. The number of nitrogens with zero attached hydrogens (tertiary/aromatic N) is 2. The Morgan fingerprint density at radius 3 is 0.685 bits per heavy atom. The summed E-state index contributed by atoms with van der Waals surface area (Å²) in [4.78, 5) is 8.80. The van der Waals surface area contributed by atoms with Gasteiger partial charge in [0.25, 0.3) is 0 Å². The Labute approximate surface area is 697 Å². The van der Waals surface area contributed by atoms with E-state index in [4.69, 9.17) is 16.3 Å². The summed E-state index contributed by atoms with van der Waals surface area (Å²) in [5.74, 6) is 9.15. The molecule has 111 heavy (non-hydrogen) atoms. The molecule has 0 radical (unpaired) electrons. The zero-order valence-electron chi connectivity index (χ0n) is 70.6. The number of rotatable bonds is 17. The molecule has 6 heteroatoms. The average Bonchev–Trinajstić information content (AvgIpc) is 0.865. The standard InChI is InChI=1S/C13H20O.C13H20.C12H17Cl.2C12H17F.C12H18.2C11H17N.9CH4/c1-9(2)11-6-7-12(10(3)4)13(8-11)14-5;1-9(2)12-6-7-13(10(3)4)11(5)8-12;3*1-8(2)10-5-6-11(9(3)4)12(13)7-10;1-9(2)11-5-7-12(8-6-11)10(3)4;2*1-8(2)10-5-6-11(9(3)4)12-7-10;;;;;;;;;/h6-10H,1-5H3;6-10H,1-5H3;3*5-9H,1-4H3;5-10H,1-4H3;2*5-9H,1-4H3;9*1H4. The fourth-order valence-corrected chi connectivity index (χ4v) is 11.3. The number of halogens is 3. The van der Waals surface area contributed by atoms with Gasteiger partial charge in [-0.1, -0.05) is 403 Å². The van der Waals surface area contributed by atoms with Crippen LogP contribution >= 0.6 is 11.6 Å². The molecule has 0 bridgehead atoms. The molecule has 0 aliphatic carbocycles. The number of hydrogen-bond acceptors (Lipinski definition) is 3. The predicted molar refractivity (Wildman–Crippen MR) is 509 cm³/mol. The Kier molecular flexibility index (Phi) is 68.6. The number of pyridine rings is 2. The van der Waals surface area contributed by atoms with Crippen LogP contribution in [-0.4, -0.2) is 17.1 Å². The van der Waals surface area contributed by atoms with Gasteiger partial charge in [-0.25, -0.2) is 8.78 Å². The lowest BCUT2D eigenvalue weighted by Gasteiger charge is -2.14. The molecule has 0 unspecified atom stereocenters. The van der Waals surface area contributed by atoms with E-state index in [1.54, 1.807) is 19.2 Å². The molecule has 0 fully saturated rings. The third-order valence-electron chi connectivity index (χ3n) is 18.5. The molecule has 6 aromatic carbocycles. The molecule has 0 aliphatic rings. The second-order valence-electron chi connectivity index (χ2n) is 32.6. The van der Waals surface area contributed by atoms with Crippen molar-refractivity contribution in [3.63, 3.8) is 0 Å². The Morgan fingerprint density at radius 1 is 0.243 bits per heavy atom. The first-order valence-electron chi connectivity index (χ1n) is 38.6. The van der Waals surface area contributed by atoms with E-state index < -0.39 is 0 Å². The molecule has 0 saturated heterocycles. The van der Waals surface area contributed by atoms with E-state index in [-0.39, 0.29) is 90.3 Å². The summed E-state index contributed by atoms with van der Waals surface area (Å²) in [5, 5.41) is 0.904. The average molecular weight is 1560 g/mol. The summed E-state index contributed by atoms with van der Waals surface area (Å²) in [6.07, 6.45) is 3.97. The van der Waals surface area contributed by atoms with Crippen LogP contribution in [0.15, 0.2) is 152 Å². The highest BCUT2D eigenvalue weighted by atomic mass is 35.5. The fourth-order valence-electron chi connectivity index (χ4n) is 10.8. The summed E-state index contributed by atoms with van der Waals surface area (Å²) in [5.41, 5.74) is 21.2. The number of ether oxygens (including phenoxy) is 1. The van der Waals surface area contributed by atoms with Crippen molar-refractivity contribution in [2.24, 2.45) is 0 Å². The van der Waals surface area contributed by atoms with Gasteiger partial charge in [0, 0.05) is 28.8 Å². The first-order chi connectivity index (χ1) is 47.5. The van der Waals surface area contributed by atoms with Crippen molar-refractivity contribution < 1.29 is 13.5 Å². The van der Waals surface area contributed by atoms with Gasteiger partial charge in [-0.05, 0) is 221 Å². The SMILES string of the molecule is C.C.C.C.C.C.C.C.C.CC(C)c1ccc(C(C)C)c(Cl)c1.CC(C)c1ccc(C(C)C)c(F)c1.CC(C)c1ccc(C(C)C)c(F)c1.CC(C)c1ccc(C(C)C)cc1.CC(C)c1ccc(C(C)C)nc1.CC(C)c1ccc(C(C)C)nc1.COc1cc(C(C)C)ccc1C(C)C.Cc1cc(C(C)C)ccc1C(C)C. The minimum Gasteiger partial charge on any atom is -0.496 e.